The molecular weight excluding hydrogens is 332 g/mol. The molecule has 0 saturated carbocycles. The van der Waals surface area contributed by atoms with Crippen LogP contribution in [0.25, 0.3) is 0 Å². The number of furan rings is 1. The van der Waals surface area contributed by atoms with E-state index >= 15 is 0 Å². The Kier molecular flexibility index (Phi) is 7.20. The van der Waals surface area contributed by atoms with Gasteiger partial charge in [-0.2, -0.15) is 0 Å². The van der Waals surface area contributed by atoms with Crippen molar-refractivity contribution in [2.75, 3.05) is 13.6 Å². The maximum Gasteiger partial charge on any atom is 0.269 e. The molecule has 1 atom stereocenters. The van der Waals surface area contributed by atoms with Gasteiger partial charge in [0, 0.05) is 25.7 Å². The van der Waals surface area contributed by atoms with Crippen LogP contribution in [0.15, 0.2) is 45.8 Å². The quantitative estimate of drug-likeness (QED) is 0.246. The minimum atomic E-state index is -0.378. The maximum atomic E-state index is 10.6. The van der Waals surface area contributed by atoms with Crippen molar-refractivity contribution in [1.29, 1.82) is 0 Å². The summed E-state index contributed by atoms with van der Waals surface area (Å²) in [6.45, 7) is 4.75. The first kappa shape index (κ1) is 19.5. The van der Waals surface area contributed by atoms with Gasteiger partial charge in [0.25, 0.3) is 5.69 Å². The minimum Gasteiger partial charge on any atom is -0.464 e. The van der Waals surface area contributed by atoms with Gasteiger partial charge in [-0.25, -0.2) is 0 Å². The molecule has 0 amide bonds. The van der Waals surface area contributed by atoms with E-state index in [9.17, 15) is 10.1 Å². The fourth-order valence-electron chi connectivity index (χ4n) is 2.60. The Hall–Kier alpha value is -2.83. The number of nitro benzene ring substituents is 1. The summed E-state index contributed by atoms with van der Waals surface area (Å²) in [4.78, 5) is 14.5. The number of non-ortho nitro benzene ring substituents is 1. The van der Waals surface area contributed by atoms with Crippen LogP contribution in [0.1, 0.15) is 42.9 Å². The monoisotopic (exact) mass is 358 g/mol. The van der Waals surface area contributed by atoms with E-state index in [1.165, 1.54) is 0 Å². The molecule has 7 heteroatoms. The average molecular weight is 358 g/mol. The molecule has 0 saturated heterocycles. The van der Waals surface area contributed by atoms with Crippen LogP contribution in [0.2, 0.25) is 0 Å². The van der Waals surface area contributed by atoms with E-state index in [0.717, 1.165) is 48.9 Å². The third-order valence-corrected chi connectivity index (χ3v) is 4.10. The largest absolute Gasteiger partial charge is 0.464 e. The Morgan fingerprint density at radius 1 is 1.23 bits per heavy atom. The molecule has 0 aliphatic carbocycles. The van der Waals surface area contributed by atoms with Gasteiger partial charge in [0.2, 0.25) is 0 Å². The van der Waals surface area contributed by atoms with Gasteiger partial charge in [0.15, 0.2) is 5.96 Å². The molecule has 2 rings (SSSR count). The third kappa shape index (κ3) is 5.91. The van der Waals surface area contributed by atoms with Crippen LogP contribution in [-0.2, 0) is 6.42 Å². The number of guanidine groups is 1. The van der Waals surface area contributed by atoms with Gasteiger partial charge in [-0.3, -0.25) is 15.1 Å². The van der Waals surface area contributed by atoms with E-state index < -0.39 is 0 Å². The number of unbranched alkanes of at least 4 members (excludes halogenated alkanes) is 1. The molecule has 140 valence electrons. The van der Waals surface area contributed by atoms with Gasteiger partial charge >= 0.3 is 0 Å². The molecule has 0 aliphatic heterocycles. The van der Waals surface area contributed by atoms with Crippen molar-refractivity contribution in [2.45, 2.75) is 39.2 Å². The number of aryl methyl sites for hydroxylation is 2. The topological polar surface area (TPSA) is 92.7 Å². The van der Waals surface area contributed by atoms with Crippen LogP contribution in [0.5, 0.6) is 0 Å². The SMILES string of the molecule is CN=C(NCCCCc1ccc([N+](=O)[O-])cc1)NC(C)c1ccc(C)o1. The number of benzene rings is 1. The van der Waals surface area contributed by atoms with E-state index in [1.807, 2.05) is 38.1 Å². The van der Waals surface area contributed by atoms with Gasteiger partial charge in [0.05, 0.1) is 11.0 Å². The molecule has 1 aromatic heterocycles. The van der Waals surface area contributed by atoms with Crippen LogP contribution >= 0.6 is 0 Å². The number of rotatable bonds is 8. The zero-order chi connectivity index (χ0) is 18.9. The lowest BCUT2D eigenvalue weighted by Gasteiger charge is -2.16. The van der Waals surface area contributed by atoms with Crippen molar-refractivity contribution < 1.29 is 9.34 Å². The third-order valence-electron chi connectivity index (χ3n) is 4.10. The van der Waals surface area contributed by atoms with Crippen molar-refractivity contribution in [3.63, 3.8) is 0 Å². The predicted molar refractivity (Wildman–Crippen MR) is 102 cm³/mol. The lowest BCUT2D eigenvalue weighted by atomic mass is 10.1. The molecule has 0 bridgehead atoms. The second kappa shape index (κ2) is 9.60. The molecule has 0 fully saturated rings. The summed E-state index contributed by atoms with van der Waals surface area (Å²) < 4.78 is 5.62. The highest BCUT2D eigenvalue weighted by atomic mass is 16.6. The number of nitrogens with one attached hydrogen (secondary N) is 2. The molecular formula is C19H26N4O3. The van der Waals surface area contributed by atoms with Crippen LogP contribution < -0.4 is 10.6 Å². The van der Waals surface area contributed by atoms with Crippen LogP contribution in [0, 0.1) is 17.0 Å². The van der Waals surface area contributed by atoms with E-state index in [0.29, 0.717) is 0 Å². The summed E-state index contributed by atoms with van der Waals surface area (Å²) in [6, 6.07) is 10.7. The second-order valence-corrected chi connectivity index (χ2v) is 6.19. The fraction of sp³-hybridized carbons (Fsp3) is 0.421. The fourth-order valence-corrected chi connectivity index (χ4v) is 2.60. The van der Waals surface area contributed by atoms with E-state index in [1.54, 1.807) is 19.2 Å². The number of hydrogen-bond donors (Lipinski definition) is 2. The molecule has 2 N–H and O–H groups in total. The standard InChI is InChI=1S/C19H26N4O3/c1-14-7-12-18(26-14)15(2)22-19(20-3)21-13-5-4-6-16-8-10-17(11-9-16)23(24)25/h7-12,15H,4-6,13H2,1-3H3,(H2,20,21,22). The van der Waals surface area contributed by atoms with Crippen molar-refractivity contribution in [3.05, 3.63) is 63.6 Å². The summed E-state index contributed by atoms with van der Waals surface area (Å²) in [6.07, 6.45) is 2.87. The first-order chi connectivity index (χ1) is 12.5. The van der Waals surface area contributed by atoms with Crippen molar-refractivity contribution in [1.82, 2.24) is 10.6 Å². The first-order valence-corrected chi connectivity index (χ1v) is 8.76. The lowest BCUT2D eigenvalue weighted by molar-refractivity contribution is -0.384. The molecule has 0 aliphatic rings. The molecule has 1 unspecified atom stereocenters. The molecule has 1 aromatic carbocycles. The van der Waals surface area contributed by atoms with Gasteiger partial charge < -0.3 is 15.1 Å². The van der Waals surface area contributed by atoms with Crippen LogP contribution in [-0.4, -0.2) is 24.5 Å². The van der Waals surface area contributed by atoms with Crippen molar-refractivity contribution >= 4 is 11.6 Å². The molecule has 2 aromatic rings. The Bertz CT molecular complexity index is 737. The normalized spacial score (nSPS) is 12.7. The van der Waals surface area contributed by atoms with Gasteiger partial charge in [0.1, 0.15) is 11.5 Å². The zero-order valence-corrected chi connectivity index (χ0v) is 15.5. The molecule has 0 spiro atoms. The Labute approximate surface area is 153 Å². The molecule has 0 radical (unpaired) electrons. The molecule has 26 heavy (non-hydrogen) atoms. The summed E-state index contributed by atoms with van der Waals surface area (Å²) in [5.41, 5.74) is 1.24. The van der Waals surface area contributed by atoms with Gasteiger partial charge in [-0.15, -0.1) is 0 Å². The predicted octanol–water partition coefficient (Wildman–Crippen LogP) is 3.75. The Morgan fingerprint density at radius 3 is 2.54 bits per heavy atom. The maximum absolute atomic E-state index is 10.6. The highest BCUT2D eigenvalue weighted by Gasteiger charge is 2.11. The second-order valence-electron chi connectivity index (χ2n) is 6.19. The molecule has 1 heterocycles. The Morgan fingerprint density at radius 2 is 1.96 bits per heavy atom. The zero-order valence-electron chi connectivity index (χ0n) is 15.5. The van der Waals surface area contributed by atoms with Crippen LogP contribution in [0.4, 0.5) is 5.69 Å². The number of nitro groups is 1. The highest BCUT2D eigenvalue weighted by molar-refractivity contribution is 5.79. The highest BCUT2D eigenvalue weighted by Crippen LogP contribution is 2.15. The van der Waals surface area contributed by atoms with Crippen molar-refractivity contribution in [2.24, 2.45) is 4.99 Å². The summed E-state index contributed by atoms with van der Waals surface area (Å²) in [5, 5.41) is 17.2. The first-order valence-electron chi connectivity index (χ1n) is 8.76. The van der Waals surface area contributed by atoms with Gasteiger partial charge in [-0.1, -0.05) is 12.1 Å². The van der Waals surface area contributed by atoms with E-state index in [4.69, 9.17) is 4.42 Å². The van der Waals surface area contributed by atoms with Crippen molar-refractivity contribution in [3.8, 4) is 0 Å². The van der Waals surface area contributed by atoms with E-state index in [-0.39, 0.29) is 16.7 Å². The smallest absolute Gasteiger partial charge is 0.269 e. The molecule has 7 nitrogen and oxygen atoms in total. The average Bonchev–Trinajstić information content (AvgIpc) is 3.07. The minimum absolute atomic E-state index is 0.0370. The summed E-state index contributed by atoms with van der Waals surface area (Å²) in [7, 11) is 1.74. The Balaban J connectivity index is 1.68. The number of aliphatic imine (C=N–C) groups is 1. The summed E-state index contributed by atoms with van der Waals surface area (Å²) >= 11 is 0. The number of hydrogen-bond acceptors (Lipinski definition) is 4. The van der Waals surface area contributed by atoms with Gasteiger partial charge in [-0.05, 0) is 50.8 Å². The number of nitrogens with zero attached hydrogens (tertiary/aromatic N) is 2. The van der Waals surface area contributed by atoms with Crippen LogP contribution in [0.3, 0.4) is 0 Å². The van der Waals surface area contributed by atoms with E-state index in [2.05, 4.69) is 15.6 Å². The lowest BCUT2D eigenvalue weighted by Crippen LogP contribution is -2.39. The summed E-state index contributed by atoms with van der Waals surface area (Å²) in [5.74, 6) is 2.51.